The van der Waals surface area contributed by atoms with Gasteiger partial charge in [-0.25, -0.2) is 8.78 Å². The van der Waals surface area contributed by atoms with Crippen molar-refractivity contribution >= 4 is 11.8 Å². The number of amides is 2. The lowest BCUT2D eigenvalue weighted by Crippen LogP contribution is -2.50. The van der Waals surface area contributed by atoms with Gasteiger partial charge in [0.25, 0.3) is 5.91 Å². The number of likely N-dealkylation sites (tertiary alicyclic amines) is 2. The molecule has 1 aromatic heterocycles. The van der Waals surface area contributed by atoms with Gasteiger partial charge in [0.15, 0.2) is 11.6 Å². The summed E-state index contributed by atoms with van der Waals surface area (Å²) in [6.07, 6.45) is 2.03. The van der Waals surface area contributed by atoms with Gasteiger partial charge in [-0.15, -0.1) is 0 Å². The Morgan fingerprint density at radius 2 is 2.11 bits per heavy atom. The monoisotopic (exact) mass is 388 g/mol. The van der Waals surface area contributed by atoms with E-state index in [4.69, 9.17) is 0 Å². The van der Waals surface area contributed by atoms with E-state index in [0.717, 1.165) is 18.2 Å². The van der Waals surface area contributed by atoms with E-state index in [1.54, 1.807) is 15.9 Å². The Kier molecular flexibility index (Phi) is 4.64. The van der Waals surface area contributed by atoms with Crippen molar-refractivity contribution in [1.29, 1.82) is 0 Å². The van der Waals surface area contributed by atoms with Crippen LogP contribution in [0, 0.1) is 24.0 Å². The molecule has 0 radical (unpaired) electrons. The number of nitrogens with zero attached hydrogens (tertiary/aromatic N) is 3. The summed E-state index contributed by atoms with van der Waals surface area (Å²) >= 11 is 0. The third-order valence-electron chi connectivity index (χ3n) is 5.78. The quantitative estimate of drug-likeness (QED) is 0.879. The van der Waals surface area contributed by atoms with E-state index < -0.39 is 17.0 Å². The summed E-state index contributed by atoms with van der Waals surface area (Å²) in [6, 6.07) is 5.70. The van der Waals surface area contributed by atoms with Crippen molar-refractivity contribution in [2.24, 2.45) is 5.41 Å². The van der Waals surface area contributed by atoms with Crippen molar-refractivity contribution in [2.75, 3.05) is 19.6 Å². The molecular weight excluding hydrogens is 366 g/mol. The van der Waals surface area contributed by atoms with Crippen LogP contribution < -0.4 is 0 Å². The number of aromatic nitrogens is 2. The predicted octanol–water partition coefficient (Wildman–Crippen LogP) is 2.65. The van der Waals surface area contributed by atoms with Crippen molar-refractivity contribution in [3.05, 3.63) is 52.9 Å². The highest BCUT2D eigenvalue weighted by Gasteiger charge is 2.49. The number of carbonyl (C=O) groups is 2. The van der Waals surface area contributed by atoms with Crippen LogP contribution >= 0.6 is 0 Å². The SMILES string of the molecule is Cc1cc(C(=O)N2CC[C@]3(CCCN(Cc4cccc(F)c4F)C3=O)C2)n[nH]1. The van der Waals surface area contributed by atoms with Crippen LogP contribution in [0.2, 0.25) is 0 Å². The first kappa shape index (κ1) is 18.6. The second-order valence-electron chi connectivity index (χ2n) is 7.74. The maximum Gasteiger partial charge on any atom is 0.274 e. The van der Waals surface area contributed by atoms with Gasteiger partial charge in [0.2, 0.25) is 5.91 Å². The summed E-state index contributed by atoms with van der Waals surface area (Å²) in [4.78, 5) is 29.1. The molecule has 2 aliphatic rings. The molecule has 1 spiro atoms. The average Bonchev–Trinajstić information content (AvgIpc) is 3.30. The largest absolute Gasteiger partial charge is 0.338 e. The number of nitrogens with one attached hydrogen (secondary N) is 1. The minimum atomic E-state index is -0.913. The lowest BCUT2D eigenvalue weighted by molar-refractivity contribution is -0.146. The first-order chi connectivity index (χ1) is 13.4. The second-order valence-corrected chi connectivity index (χ2v) is 7.74. The molecule has 1 atom stereocenters. The highest BCUT2D eigenvalue weighted by Crippen LogP contribution is 2.41. The summed E-state index contributed by atoms with van der Waals surface area (Å²) in [7, 11) is 0. The number of hydrogen-bond acceptors (Lipinski definition) is 3. The van der Waals surface area contributed by atoms with Gasteiger partial charge < -0.3 is 9.80 Å². The molecule has 4 rings (SSSR count). The predicted molar refractivity (Wildman–Crippen MR) is 97.3 cm³/mol. The van der Waals surface area contributed by atoms with Crippen LogP contribution in [0.5, 0.6) is 0 Å². The minimum absolute atomic E-state index is 0.0384. The number of carbonyl (C=O) groups excluding carboxylic acids is 2. The van der Waals surface area contributed by atoms with Gasteiger partial charge in [0, 0.05) is 37.4 Å². The summed E-state index contributed by atoms with van der Waals surface area (Å²) in [5.74, 6) is -2.10. The molecule has 3 heterocycles. The third kappa shape index (κ3) is 3.16. The minimum Gasteiger partial charge on any atom is -0.338 e. The zero-order chi connectivity index (χ0) is 19.9. The first-order valence-electron chi connectivity index (χ1n) is 9.43. The number of aromatic amines is 1. The molecule has 0 unspecified atom stereocenters. The molecule has 0 aliphatic carbocycles. The smallest absolute Gasteiger partial charge is 0.274 e. The van der Waals surface area contributed by atoms with Crippen molar-refractivity contribution in [1.82, 2.24) is 20.0 Å². The normalized spacial score (nSPS) is 22.3. The fourth-order valence-corrected chi connectivity index (χ4v) is 4.29. The number of aryl methyl sites for hydroxylation is 1. The van der Waals surface area contributed by atoms with Crippen LogP contribution in [0.1, 0.15) is 41.0 Å². The molecule has 2 aliphatic heterocycles. The van der Waals surface area contributed by atoms with Crippen molar-refractivity contribution in [3.8, 4) is 0 Å². The van der Waals surface area contributed by atoms with Gasteiger partial charge in [-0.1, -0.05) is 12.1 Å². The lowest BCUT2D eigenvalue weighted by Gasteiger charge is -2.39. The maximum atomic E-state index is 14.0. The molecule has 0 saturated carbocycles. The Morgan fingerprint density at radius 3 is 2.86 bits per heavy atom. The third-order valence-corrected chi connectivity index (χ3v) is 5.78. The number of benzene rings is 1. The molecule has 2 amide bonds. The van der Waals surface area contributed by atoms with Crippen LogP contribution in [0.15, 0.2) is 24.3 Å². The van der Waals surface area contributed by atoms with Crippen molar-refractivity contribution in [2.45, 2.75) is 32.7 Å². The molecule has 28 heavy (non-hydrogen) atoms. The molecule has 1 aromatic carbocycles. The van der Waals surface area contributed by atoms with Crippen LogP contribution in [0.4, 0.5) is 8.78 Å². The molecule has 2 aromatic rings. The Labute approximate surface area is 161 Å². The van der Waals surface area contributed by atoms with Crippen LogP contribution in [-0.2, 0) is 11.3 Å². The molecule has 148 valence electrons. The van der Waals surface area contributed by atoms with E-state index in [2.05, 4.69) is 10.2 Å². The zero-order valence-corrected chi connectivity index (χ0v) is 15.7. The molecule has 6 nitrogen and oxygen atoms in total. The fraction of sp³-hybridized carbons (Fsp3) is 0.450. The second kappa shape index (κ2) is 7.00. The van der Waals surface area contributed by atoms with Gasteiger partial charge in [-0.05, 0) is 38.3 Å². The molecule has 2 saturated heterocycles. The van der Waals surface area contributed by atoms with E-state index >= 15 is 0 Å². The van der Waals surface area contributed by atoms with Gasteiger partial charge in [-0.3, -0.25) is 14.7 Å². The molecule has 8 heteroatoms. The van der Waals surface area contributed by atoms with E-state index in [1.807, 2.05) is 6.92 Å². The Bertz CT molecular complexity index is 929. The average molecular weight is 388 g/mol. The summed E-state index contributed by atoms with van der Waals surface area (Å²) in [5, 5.41) is 6.77. The number of halogens is 2. The van der Waals surface area contributed by atoms with Crippen molar-refractivity contribution < 1.29 is 18.4 Å². The van der Waals surface area contributed by atoms with E-state index in [1.165, 1.54) is 12.1 Å². The van der Waals surface area contributed by atoms with Crippen LogP contribution in [-0.4, -0.2) is 51.4 Å². The standard InChI is InChI=1S/C20H22F2N4O2/c1-13-10-16(24-23-13)18(27)26-9-7-20(12-26)6-3-8-25(19(20)28)11-14-4-2-5-15(21)17(14)22/h2,4-5,10H,3,6-9,11-12H2,1H3,(H,23,24)/t20-/m1/s1. The highest BCUT2D eigenvalue weighted by atomic mass is 19.2. The number of rotatable bonds is 3. The number of H-pyrrole nitrogens is 1. The molecule has 0 bridgehead atoms. The van der Waals surface area contributed by atoms with E-state index in [9.17, 15) is 18.4 Å². The van der Waals surface area contributed by atoms with Gasteiger partial charge >= 0.3 is 0 Å². The van der Waals surface area contributed by atoms with Crippen LogP contribution in [0.25, 0.3) is 0 Å². The number of piperidine rings is 1. The van der Waals surface area contributed by atoms with Crippen molar-refractivity contribution in [3.63, 3.8) is 0 Å². The molecule has 2 fully saturated rings. The Balaban J connectivity index is 1.50. The van der Waals surface area contributed by atoms with Gasteiger partial charge in [0.05, 0.1) is 5.41 Å². The van der Waals surface area contributed by atoms with Gasteiger partial charge in [0.1, 0.15) is 5.69 Å². The van der Waals surface area contributed by atoms with E-state index in [-0.39, 0.29) is 23.9 Å². The summed E-state index contributed by atoms with van der Waals surface area (Å²) < 4.78 is 27.5. The topological polar surface area (TPSA) is 69.3 Å². The summed E-state index contributed by atoms with van der Waals surface area (Å²) in [6.45, 7) is 3.18. The summed E-state index contributed by atoms with van der Waals surface area (Å²) in [5.41, 5.74) is 0.664. The molecule has 1 N–H and O–H groups in total. The Morgan fingerprint density at radius 1 is 1.29 bits per heavy atom. The number of hydrogen-bond donors (Lipinski definition) is 1. The fourth-order valence-electron chi connectivity index (χ4n) is 4.29. The first-order valence-corrected chi connectivity index (χ1v) is 9.43. The molecular formula is C20H22F2N4O2. The van der Waals surface area contributed by atoms with Gasteiger partial charge in [-0.2, -0.15) is 5.10 Å². The van der Waals surface area contributed by atoms with E-state index in [0.29, 0.717) is 38.2 Å². The maximum absolute atomic E-state index is 14.0. The lowest BCUT2D eigenvalue weighted by atomic mass is 9.78. The Hall–Kier alpha value is -2.77. The highest BCUT2D eigenvalue weighted by molar-refractivity contribution is 5.94. The zero-order valence-electron chi connectivity index (χ0n) is 15.7. The van der Waals surface area contributed by atoms with Crippen LogP contribution in [0.3, 0.4) is 0 Å².